The second-order valence-corrected chi connectivity index (χ2v) is 5.60. The lowest BCUT2D eigenvalue weighted by atomic mass is 9.97. The molecule has 118 valence electrons. The van der Waals surface area contributed by atoms with Gasteiger partial charge in [0.25, 0.3) is 0 Å². The van der Waals surface area contributed by atoms with E-state index in [-0.39, 0.29) is 12.1 Å². The van der Waals surface area contributed by atoms with E-state index in [9.17, 15) is 13.2 Å². The van der Waals surface area contributed by atoms with Gasteiger partial charge in [0.1, 0.15) is 17.5 Å². The van der Waals surface area contributed by atoms with E-state index < -0.39 is 17.5 Å². The van der Waals surface area contributed by atoms with Gasteiger partial charge >= 0.3 is 0 Å². The van der Waals surface area contributed by atoms with Crippen molar-refractivity contribution in [2.24, 2.45) is 0 Å². The maximum Gasteiger partial charge on any atom is 0.133 e. The first-order valence-electron chi connectivity index (χ1n) is 7.48. The van der Waals surface area contributed by atoms with Gasteiger partial charge in [-0.15, -0.1) is 0 Å². The molecule has 1 heterocycles. The van der Waals surface area contributed by atoms with Crippen LogP contribution in [0.4, 0.5) is 13.2 Å². The Kier molecular flexibility index (Phi) is 6.06. The number of halogens is 3. The van der Waals surface area contributed by atoms with Crippen molar-refractivity contribution in [3.05, 3.63) is 35.1 Å². The zero-order valence-corrected chi connectivity index (χ0v) is 12.4. The van der Waals surface area contributed by atoms with Gasteiger partial charge in [-0.2, -0.15) is 0 Å². The molecule has 0 saturated carbocycles. The minimum Gasteiger partial charge on any atom is -0.385 e. The van der Waals surface area contributed by atoms with Crippen LogP contribution in [0.1, 0.15) is 37.7 Å². The van der Waals surface area contributed by atoms with E-state index in [1.165, 1.54) is 0 Å². The summed E-state index contributed by atoms with van der Waals surface area (Å²) in [7, 11) is 1.67. The van der Waals surface area contributed by atoms with Crippen molar-refractivity contribution in [1.82, 2.24) is 4.90 Å². The summed E-state index contributed by atoms with van der Waals surface area (Å²) in [6.07, 6.45) is 5.10. The van der Waals surface area contributed by atoms with E-state index in [0.29, 0.717) is 12.6 Å². The van der Waals surface area contributed by atoms with Gasteiger partial charge in [-0.05, 0) is 32.2 Å². The number of nitrogens with zero attached hydrogens (tertiary/aromatic N) is 1. The third kappa shape index (κ3) is 4.45. The number of rotatable bonds is 6. The van der Waals surface area contributed by atoms with E-state index in [2.05, 4.69) is 4.90 Å². The molecular weight excluding hydrogens is 279 g/mol. The Labute approximate surface area is 123 Å². The molecule has 0 N–H and O–H groups in total. The van der Waals surface area contributed by atoms with E-state index in [0.717, 1.165) is 50.8 Å². The highest BCUT2D eigenvalue weighted by molar-refractivity contribution is 5.21. The minimum absolute atomic E-state index is 0.0324. The quantitative estimate of drug-likeness (QED) is 0.739. The van der Waals surface area contributed by atoms with Crippen molar-refractivity contribution in [3.8, 4) is 0 Å². The Morgan fingerprint density at radius 3 is 2.57 bits per heavy atom. The van der Waals surface area contributed by atoms with Gasteiger partial charge in [0.2, 0.25) is 0 Å². The standard InChI is InChI=1S/C16H22F3NO/c1-21-8-4-6-13-5-2-3-7-20(13)11-14-15(18)9-12(17)10-16(14)19/h9-10,13H,2-8,11H2,1H3/t13-/m0/s1. The highest BCUT2D eigenvalue weighted by atomic mass is 19.1. The summed E-state index contributed by atoms with van der Waals surface area (Å²) in [4.78, 5) is 2.11. The molecule has 5 heteroatoms. The lowest BCUT2D eigenvalue weighted by molar-refractivity contribution is 0.114. The average molecular weight is 301 g/mol. The second-order valence-electron chi connectivity index (χ2n) is 5.60. The largest absolute Gasteiger partial charge is 0.385 e. The highest BCUT2D eigenvalue weighted by Crippen LogP contribution is 2.25. The van der Waals surface area contributed by atoms with Gasteiger partial charge in [0, 0.05) is 44.0 Å². The SMILES string of the molecule is COCCC[C@@H]1CCCCN1Cc1c(F)cc(F)cc1F. The predicted molar refractivity (Wildman–Crippen MR) is 75.5 cm³/mol. The van der Waals surface area contributed by atoms with Crippen molar-refractivity contribution in [1.29, 1.82) is 0 Å². The van der Waals surface area contributed by atoms with Gasteiger partial charge in [-0.25, -0.2) is 13.2 Å². The Morgan fingerprint density at radius 2 is 1.90 bits per heavy atom. The lowest BCUT2D eigenvalue weighted by Gasteiger charge is -2.36. The fourth-order valence-corrected chi connectivity index (χ4v) is 2.98. The van der Waals surface area contributed by atoms with E-state index >= 15 is 0 Å². The Balaban J connectivity index is 2.05. The Bertz CT molecular complexity index is 444. The second kappa shape index (κ2) is 7.80. The van der Waals surface area contributed by atoms with Crippen LogP contribution in [0, 0.1) is 17.5 Å². The van der Waals surface area contributed by atoms with Crippen LogP contribution in [0.2, 0.25) is 0 Å². The molecule has 1 saturated heterocycles. The molecule has 0 amide bonds. The molecule has 1 aromatic carbocycles. The van der Waals surface area contributed by atoms with Crippen LogP contribution in [0.15, 0.2) is 12.1 Å². The van der Waals surface area contributed by atoms with Crippen LogP contribution < -0.4 is 0 Å². The molecule has 1 fully saturated rings. The molecule has 21 heavy (non-hydrogen) atoms. The third-order valence-corrected chi connectivity index (χ3v) is 4.10. The molecule has 0 radical (unpaired) electrons. The van der Waals surface area contributed by atoms with Gasteiger partial charge in [-0.3, -0.25) is 4.90 Å². The van der Waals surface area contributed by atoms with Crippen molar-refractivity contribution in [3.63, 3.8) is 0 Å². The first kappa shape index (κ1) is 16.3. The fourth-order valence-electron chi connectivity index (χ4n) is 2.98. The summed E-state index contributed by atoms with van der Waals surface area (Å²) in [5.74, 6) is -2.47. The summed E-state index contributed by atoms with van der Waals surface area (Å²) in [6, 6.07) is 1.82. The van der Waals surface area contributed by atoms with Crippen LogP contribution >= 0.6 is 0 Å². The first-order chi connectivity index (χ1) is 10.1. The Morgan fingerprint density at radius 1 is 1.19 bits per heavy atom. The molecule has 2 nitrogen and oxygen atoms in total. The molecular formula is C16H22F3NO. The summed E-state index contributed by atoms with van der Waals surface area (Å²) >= 11 is 0. The van der Waals surface area contributed by atoms with Crippen LogP contribution in [0.25, 0.3) is 0 Å². The maximum atomic E-state index is 13.8. The monoisotopic (exact) mass is 301 g/mol. The minimum atomic E-state index is -0.871. The highest BCUT2D eigenvalue weighted by Gasteiger charge is 2.24. The van der Waals surface area contributed by atoms with E-state index in [1.54, 1.807) is 7.11 Å². The number of hydrogen-bond donors (Lipinski definition) is 0. The number of benzene rings is 1. The first-order valence-corrected chi connectivity index (χ1v) is 7.48. The number of piperidine rings is 1. The van der Waals surface area contributed by atoms with Crippen molar-refractivity contribution in [2.45, 2.75) is 44.7 Å². The summed E-state index contributed by atoms with van der Waals surface area (Å²) < 4.78 is 45.6. The number of methoxy groups -OCH3 is 1. The molecule has 0 bridgehead atoms. The Hall–Kier alpha value is -1.07. The molecule has 2 rings (SSSR count). The maximum absolute atomic E-state index is 13.8. The average Bonchev–Trinajstić information content (AvgIpc) is 2.44. The molecule has 1 aromatic rings. The smallest absolute Gasteiger partial charge is 0.133 e. The fraction of sp³-hybridized carbons (Fsp3) is 0.625. The van der Waals surface area contributed by atoms with Crippen LogP contribution in [-0.4, -0.2) is 31.2 Å². The molecule has 0 aromatic heterocycles. The third-order valence-electron chi connectivity index (χ3n) is 4.10. The van der Waals surface area contributed by atoms with Crippen molar-refractivity contribution < 1.29 is 17.9 Å². The van der Waals surface area contributed by atoms with Crippen LogP contribution in [0.5, 0.6) is 0 Å². The molecule has 0 spiro atoms. The van der Waals surface area contributed by atoms with Crippen LogP contribution in [-0.2, 0) is 11.3 Å². The predicted octanol–water partition coefficient (Wildman–Crippen LogP) is 3.89. The summed E-state index contributed by atoms with van der Waals surface area (Å²) in [6.45, 7) is 1.73. The normalized spacial score (nSPS) is 19.9. The van der Waals surface area contributed by atoms with Gasteiger partial charge in [0.15, 0.2) is 0 Å². The molecule has 1 aliphatic rings. The molecule has 0 aliphatic carbocycles. The zero-order chi connectivity index (χ0) is 15.2. The zero-order valence-electron chi connectivity index (χ0n) is 12.4. The topological polar surface area (TPSA) is 12.5 Å². The van der Waals surface area contributed by atoms with Gasteiger partial charge < -0.3 is 4.74 Å². The van der Waals surface area contributed by atoms with Crippen molar-refractivity contribution >= 4 is 0 Å². The van der Waals surface area contributed by atoms with Gasteiger partial charge in [-0.1, -0.05) is 6.42 Å². The van der Waals surface area contributed by atoms with E-state index in [1.807, 2.05) is 0 Å². The summed E-state index contributed by atoms with van der Waals surface area (Å²) in [5.41, 5.74) is -0.0324. The molecule has 1 aliphatic heterocycles. The van der Waals surface area contributed by atoms with Crippen LogP contribution in [0.3, 0.4) is 0 Å². The van der Waals surface area contributed by atoms with Crippen molar-refractivity contribution in [2.75, 3.05) is 20.3 Å². The number of ether oxygens (including phenoxy) is 1. The lowest BCUT2D eigenvalue weighted by Crippen LogP contribution is -2.39. The number of likely N-dealkylation sites (tertiary alicyclic amines) is 1. The summed E-state index contributed by atoms with van der Waals surface area (Å²) in [5, 5.41) is 0. The molecule has 1 atom stereocenters. The van der Waals surface area contributed by atoms with Gasteiger partial charge in [0.05, 0.1) is 0 Å². The molecule has 0 unspecified atom stereocenters. The number of hydrogen-bond acceptors (Lipinski definition) is 2. The van der Waals surface area contributed by atoms with E-state index in [4.69, 9.17) is 4.74 Å².